The van der Waals surface area contributed by atoms with Gasteiger partial charge in [0.25, 0.3) is 0 Å². The average molecular weight is 348 g/mol. The van der Waals surface area contributed by atoms with Crippen molar-refractivity contribution in [2.24, 2.45) is 0 Å². The van der Waals surface area contributed by atoms with Crippen LogP contribution in [0.1, 0.15) is 19.9 Å². The second-order valence-electron chi connectivity index (χ2n) is 5.90. The minimum Gasteiger partial charge on any atom is -0.842 e. The Bertz CT molecular complexity index is 772. The number of fused-ring (bicyclic) bond motifs is 1. The molecule has 2 heterocycles. The molecule has 0 saturated carbocycles. The normalized spacial score (nSPS) is 16.8. The van der Waals surface area contributed by atoms with Gasteiger partial charge in [0.05, 0.1) is 17.2 Å². The van der Waals surface area contributed by atoms with Gasteiger partial charge in [0.1, 0.15) is 12.1 Å². The van der Waals surface area contributed by atoms with Crippen LogP contribution in [-0.4, -0.2) is 21.8 Å². The Balaban J connectivity index is 2.24. The predicted molar refractivity (Wildman–Crippen MR) is 94.2 cm³/mol. The van der Waals surface area contributed by atoms with E-state index >= 15 is 0 Å². The molecule has 0 radical (unpaired) electrons. The van der Waals surface area contributed by atoms with Crippen LogP contribution in [0.25, 0.3) is 11.1 Å². The van der Waals surface area contributed by atoms with Crippen LogP contribution in [0, 0.1) is 0 Å². The molecule has 0 aliphatic carbocycles. The molecule has 2 aromatic rings. The maximum absolute atomic E-state index is 13.0. The number of rotatable bonds is 4. The van der Waals surface area contributed by atoms with Crippen molar-refractivity contribution in [3.05, 3.63) is 40.7 Å². The summed E-state index contributed by atoms with van der Waals surface area (Å²) in [6.07, 6.45) is 2.07. The molecule has 4 nitrogen and oxygen atoms in total. The molecule has 0 N–H and O–H groups in total. The highest BCUT2D eigenvalue weighted by Gasteiger charge is 2.35. The van der Waals surface area contributed by atoms with Gasteiger partial charge in [-0.15, -0.1) is 0 Å². The average Bonchev–Trinajstić information content (AvgIpc) is 2.92. The number of hydrogen-bond acceptors (Lipinski definition) is 4. The van der Waals surface area contributed by atoms with Crippen LogP contribution in [0.5, 0.6) is 5.88 Å². The SMILES string of the molecule is CSCC1C[n+]2c([O-])c(-c3ccccc3)c(=O)n(C(C)C)c2S1. The molecule has 0 fully saturated rings. The molecule has 1 aromatic carbocycles. The quantitative estimate of drug-likeness (QED) is 0.628. The van der Waals surface area contributed by atoms with Crippen molar-refractivity contribution < 1.29 is 9.67 Å². The Morgan fingerprint density at radius 1 is 1.39 bits per heavy atom. The van der Waals surface area contributed by atoms with E-state index < -0.39 is 0 Å². The Kier molecular flexibility index (Phi) is 4.73. The molecule has 23 heavy (non-hydrogen) atoms. The maximum atomic E-state index is 13.0. The van der Waals surface area contributed by atoms with Crippen molar-refractivity contribution in [3.8, 4) is 17.0 Å². The lowest BCUT2D eigenvalue weighted by molar-refractivity contribution is -0.766. The highest BCUT2D eigenvalue weighted by Crippen LogP contribution is 2.33. The third-order valence-corrected chi connectivity index (χ3v) is 6.14. The van der Waals surface area contributed by atoms with Crippen molar-refractivity contribution in [2.45, 2.75) is 36.8 Å². The van der Waals surface area contributed by atoms with Gasteiger partial charge in [0.2, 0.25) is 0 Å². The van der Waals surface area contributed by atoms with Crippen LogP contribution >= 0.6 is 23.5 Å². The van der Waals surface area contributed by atoms with Gasteiger partial charge in [-0.1, -0.05) is 30.3 Å². The second-order valence-corrected chi connectivity index (χ2v) is 8.08. The zero-order valence-electron chi connectivity index (χ0n) is 13.5. The zero-order chi connectivity index (χ0) is 16.6. The van der Waals surface area contributed by atoms with Gasteiger partial charge < -0.3 is 5.11 Å². The summed E-state index contributed by atoms with van der Waals surface area (Å²) in [5.41, 5.74) is 0.804. The fraction of sp³-hybridized carbons (Fsp3) is 0.412. The van der Waals surface area contributed by atoms with Crippen molar-refractivity contribution in [3.63, 3.8) is 0 Å². The van der Waals surface area contributed by atoms with Gasteiger partial charge in [-0.3, -0.25) is 0 Å². The van der Waals surface area contributed by atoms with E-state index in [4.69, 9.17) is 0 Å². The van der Waals surface area contributed by atoms with Crippen molar-refractivity contribution in [2.75, 3.05) is 12.0 Å². The lowest BCUT2D eigenvalue weighted by atomic mass is 10.1. The number of hydrogen-bond donors (Lipinski definition) is 0. The molecule has 3 rings (SSSR count). The smallest absolute Gasteiger partial charge is 0.345 e. The highest BCUT2D eigenvalue weighted by atomic mass is 32.2. The molecule has 1 aliphatic rings. The van der Waals surface area contributed by atoms with Crippen LogP contribution in [0.15, 0.2) is 40.3 Å². The monoisotopic (exact) mass is 348 g/mol. The molecule has 122 valence electrons. The molecular formula is C17H20N2O2S2. The first-order chi connectivity index (χ1) is 11.0. The first-order valence-electron chi connectivity index (χ1n) is 7.65. The van der Waals surface area contributed by atoms with E-state index in [0.29, 0.717) is 17.4 Å². The predicted octanol–water partition coefficient (Wildman–Crippen LogP) is 2.29. The molecule has 1 aromatic heterocycles. The third kappa shape index (κ3) is 2.90. The lowest BCUT2D eigenvalue weighted by Gasteiger charge is -2.17. The maximum Gasteiger partial charge on any atom is 0.345 e. The van der Waals surface area contributed by atoms with Gasteiger partial charge >= 0.3 is 10.7 Å². The highest BCUT2D eigenvalue weighted by molar-refractivity contribution is 8.03. The van der Waals surface area contributed by atoms with Crippen LogP contribution in [0.3, 0.4) is 0 Å². The standard InChI is InChI=1S/C17H20N2O2S2/c1-11(2)19-16(21)14(12-7-5-4-6-8-12)15(20)18-9-13(10-22-3)23-17(18)19/h4-8,11,13H,9-10H2,1-3H3. The van der Waals surface area contributed by atoms with Crippen LogP contribution in [0.4, 0.5) is 0 Å². The van der Waals surface area contributed by atoms with E-state index in [2.05, 4.69) is 6.26 Å². The summed E-state index contributed by atoms with van der Waals surface area (Å²) in [6.45, 7) is 4.65. The first kappa shape index (κ1) is 16.5. The van der Waals surface area contributed by atoms with E-state index in [1.165, 1.54) is 0 Å². The largest absolute Gasteiger partial charge is 0.842 e. The van der Waals surface area contributed by atoms with Crippen LogP contribution < -0.4 is 15.2 Å². The summed E-state index contributed by atoms with van der Waals surface area (Å²) < 4.78 is 3.56. The Morgan fingerprint density at radius 3 is 2.70 bits per heavy atom. The Hall–Kier alpha value is -1.40. The van der Waals surface area contributed by atoms with Gasteiger partial charge in [0, 0.05) is 5.75 Å². The summed E-state index contributed by atoms with van der Waals surface area (Å²) >= 11 is 3.42. The van der Waals surface area contributed by atoms with Gasteiger partial charge in [-0.25, -0.2) is 9.36 Å². The number of aromatic nitrogens is 2. The fourth-order valence-corrected chi connectivity index (χ4v) is 5.27. The number of benzene rings is 1. The minimum atomic E-state index is -0.181. The zero-order valence-corrected chi connectivity index (χ0v) is 15.1. The molecule has 1 unspecified atom stereocenters. The molecule has 1 aliphatic heterocycles. The topological polar surface area (TPSA) is 48.9 Å². The van der Waals surface area contributed by atoms with E-state index in [0.717, 1.165) is 10.9 Å². The Labute approximate surface area is 144 Å². The van der Waals surface area contributed by atoms with Crippen molar-refractivity contribution in [1.29, 1.82) is 0 Å². The summed E-state index contributed by atoms with van der Waals surface area (Å²) in [5.74, 6) is 0.808. The van der Waals surface area contributed by atoms with Crippen LogP contribution in [-0.2, 0) is 6.54 Å². The summed E-state index contributed by atoms with van der Waals surface area (Å²) in [4.78, 5) is 13.0. The Morgan fingerprint density at radius 2 is 2.09 bits per heavy atom. The number of thioether (sulfide) groups is 2. The molecule has 0 spiro atoms. The van der Waals surface area contributed by atoms with E-state index in [1.54, 1.807) is 32.7 Å². The molecule has 1 atom stereocenters. The molecule has 6 heteroatoms. The van der Waals surface area contributed by atoms with E-state index in [9.17, 15) is 9.90 Å². The second kappa shape index (κ2) is 6.61. The summed E-state index contributed by atoms with van der Waals surface area (Å²) in [7, 11) is 0. The molecule has 0 amide bonds. The van der Waals surface area contributed by atoms with Crippen molar-refractivity contribution >= 4 is 23.5 Å². The van der Waals surface area contributed by atoms with E-state index in [-0.39, 0.29) is 23.0 Å². The summed E-state index contributed by atoms with van der Waals surface area (Å²) in [5, 5.41) is 14.1. The number of nitrogens with zero attached hydrogens (tertiary/aromatic N) is 2. The first-order valence-corrected chi connectivity index (χ1v) is 9.92. The van der Waals surface area contributed by atoms with Gasteiger partial charge in [0.15, 0.2) is 0 Å². The summed E-state index contributed by atoms with van der Waals surface area (Å²) in [6, 6.07) is 9.29. The molecule has 0 saturated heterocycles. The fourth-order valence-electron chi connectivity index (χ4n) is 2.90. The van der Waals surface area contributed by atoms with Crippen molar-refractivity contribution in [1.82, 2.24) is 4.57 Å². The lowest BCUT2D eigenvalue weighted by Crippen LogP contribution is -2.45. The molecule has 0 bridgehead atoms. The third-order valence-electron chi connectivity index (χ3n) is 3.92. The van der Waals surface area contributed by atoms with Gasteiger partial charge in [-0.05, 0) is 37.4 Å². The minimum absolute atomic E-state index is 0.0207. The van der Waals surface area contributed by atoms with Gasteiger partial charge in [-0.2, -0.15) is 16.3 Å². The molecular weight excluding hydrogens is 328 g/mol. The van der Waals surface area contributed by atoms with Crippen LogP contribution in [0.2, 0.25) is 0 Å². The van der Waals surface area contributed by atoms with E-state index in [1.807, 2.05) is 44.2 Å².